The van der Waals surface area contributed by atoms with Crippen LogP contribution in [0.4, 0.5) is 10.6 Å². The number of imidazole rings is 1. The van der Waals surface area contributed by atoms with Gasteiger partial charge in [-0.3, -0.25) is 9.47 Å². The highest BCUT2D eigenvalue weighted by atomic mass is 16.2. The molecule has 0 spiro atoms. The van der Waals surface area contributed by atoms with E-state index in [0.717, 1.165) is 61.9 Å². The molecular weight excluding hydrogens is 402 g/mol. The minimum Gasteiger partial charge on any atom is -0.356 e. The van der Waals surface area contributed by atoms with Crippen molar-refractivity contribution in [2.24, 2.45) is 5.92 Å². The Hall–Kier alpha value is -2.45. The average molecular weight is 438 g/mol. The maximum atomic E-state index is 12.5. The Morgan fingerprint density at radius 1 is 1.06 bits per heavy atom. The van der Waals surface area contributed by atoms with Crippen LogP contribution >= 0.6 is 0 Å². The van der Waals surface area contributed by atoms with Gasteiger partial charge in [0.05, 0.1) is 5.69 Å². The minimum atomic E-state index is -0.108. The van der Waals surface area contributed by atoms with E-state index in [2.05, 4.69) is 38.1 Å². The summed E-state index contributed by atoms with van der Waals surface area (Å²) in [4.78, 5) is 29.2. The van der Waals surface area contributed by atoms with Crippen LogP contribution in [0.5, 0.6) is 0 Å². The van der Waals surface area contributed by atoms with Crippen LogP contribution in [0.15, 0.2) is 30.9 Å². The van der Waals surface area contributed by atoms with E-state index in [1.165, 1.54) is 39.0 Å². The van der Waals surface area contributed by atoms with Crippen molar-refractivity contribution < 1.29 is 4.79 Å². The molecule has 2 aliphatic heterocycles. The molecule has 0 atom stereocenters. The first-order valence-corrected chi connectivity index (χ1v) is 12.1. The van der Waals surface area contributed by atoms with Crippen LogP contribution in [0.25, 0.3) is 11.3 Å². The van der Waals surface area contributed by atoms with E-state index in [1.807, 2.05) is 18.5 Å². The Bertz CT molecular complexity index is 909. The van der Waals surface area contributed by atoms with Gasteiger partial charge in [0.1, 0.15) is 12.1 Å². The molecule has 1 saturated carbocycles. The highest BCUT2D eigenvalue weighted by Gasteiger charge is 2.28. The first-order chi connectivity index (χ1) is 15.7. The lowest BCUT2D eigenvalue weighted by atomic mass is 10.0. The molecule has 0 aromatic carbocycles. The van der Waals surface area contributed by atoms with Gasteiger partial charge < -0.3 is 15.1 Å². The largest absolute Gasteiger partial charge is 0.356 e. The molecule has 1 N–H and O–H groups in total. The van der Waals surface area contributed by atoms with E-state index in [4.69, 9.17) is 4.98 Å². The lowest BCUT2D eigenvalue weighted by molar-refractivity contribution is 0.0981. The Kier molecular flexibility index (Phi) is 6.41. The lowest BCUT2D eigenvalue weighted by Crippen LogP contribution is -2.52. The van der Waals surface area contributed by atoms with E-state index in [9.17, 15) is 4.79 Å². The van der Waals surface area contributed by atoms with Crippen molar-refractivity contribution in [1.82, 2.24) is 29.7 Å². The molecule has 4 heterocycles. The molecule has 3 aliphatic rings. The van der Waals surface area contributed by atoms with Gasteiger partial charge in [-0.05, 0) is 44.4 Å². The summed E-state index contributed by atoms with van der Waals surface area (Å²) in [7, 11) is 2.21. The number of anilines is 1. The standard InChI is InChI=1S/C24H35N7O/c1-28-13-15-29(16-14-28)20-7-11-30(12-8-20)23-21(3-2-9-25-23)22-17-31(18-27-22)24(32)26-10-6-19-4-5-19/h2-3,9,17-20H,4-8,10-16H2,1H3,(H,26,32). The van der Waals surface area contributed by atoms with Crippen LogP contribution < -0.4 is 10.2 Å². The smallest absolute Gasteiger partial charge is 0.326 e. The number of pyridine rings is 1. The number of aromatic nitrogens is 3. The Labute approximate surface area is 190 Å². The Morgan fingerprint density at radius 2 is 1.84 bits per heavy atom. The van der Waals surface area contributed by atoms with Gasteiger partial charge >= 0.3 is 6.03 Å². The number of piperidine rings is 1. The van der Waals surface area contributed by atoms with E-state index in [-0.39, 0.29) is 6.03 Å². The van der Waals surface area contributed by atoms with Gasteiger partial charge in [-0.2, -0.15) is 0 Å². The summed E-state index contributed by atoms with van der Waals surface area (Å²) < 4.78 is 1.55. The molecule has 5 rings (SSSR count). The highest BCUT2D eigenvalue weighted by Crippen LogP contribution is 2.32. The minimum absolute atomic E-state index is 0.108. The van der Waals surface area contributed by atoms with Crippen LogP contribution in [-0.2, 0) is 0 Å². The lowest BCUT2D eigenvalue weighted by Gasteiger charge is -2.42. The van der Waals surface area contributed by atoms with Gasteiger partial charge in [0, 0.05) is 69.8 Å². The number of piperazine rings is 1. The Morgan fingerprint density at radius 3 is 2.59 bits per heavy atom. The van der Waals surface area contributed by atoms with Gasteiger partial charge in [0.2, 0.25) is 0 Å². The average Bonchev–Trinajstić information content (AvgIpc) is 3.52. The van der Waals surface area contributed by atoms with Crippen LogP contribution in [0, 0.1) is 5.92 Å². The third-order valence-electron chi connectivity index (χ3n) is 7.22. The van der Waals surface area contributed by atoms with Gasteiger partial charge in [0.15, 0.2) is 0 Å². The zero-order valence-corrected chi connectivity index (χ0v) is 19.1. The second kappa shape index (κ2) is 9.58. The summed E-state index contributed by atoms with van der Waals surface area (Å²) in [6.45, 7) is 7.43. The van der Waals surface area contributed by atoms with E-state index < -0.39 is 0 Å². The second-order valence-corrected chi connectivity index (χ2v) is 9.56. The molecule has 8 nitrogen and oxygen atoms in total. The normalized spacial score (nSPS) is 21.1. The molecule has 0 unspecified atom stereocenters. The zero-order valence-electron chi connectivity index (χ0n) is 19.1. The molecule has 3 fully saturated rings. The maximum Gasteiger partial charge on any atom is 0.326 e. The molecule has 0 bridgehead atoms. The predicted molar refractivity (Wildman–Crippen MR) is 126 cm³/mol. The summed E-state index contributed by atoms with van der Waals surface area (Å²) in [5.74, 6) is 1.79. The number of hydrogen-bond acceptors (Lipinski definition) is 6. The van der Waals surface area contributed by atoms with Crippen molar-refractivity contribution in [3.05, 3.63) is 30.9 Å². The SMILES string of the molecule is CN1CCN(C2CCN(c3ncccc3-c3cn(C(=O)NCCC4CC4)cn3)CC2)CC1. The molecular formula is C24H35N7O. The maximum absolute atomic E-state index is 12.5. The van der Waals surface area contributed by atoms with Crippen molar-refractivity contribution in [1.29, 1.82) is 0 Å². The first-order valence-electron chi connectivity index (χ1n) is 12.1. The number of likely N-dealkylation sites (N-methyl/N-ethyl adjacent to an activating group) is 1. The van der Waals surface area contributed by atoms with Crippen LogP contribution in [-0.4, -0.2) is 89.3 Å². The molecule has 2 aromatic heterocycles. The predicted octanol–water partition coefficient (Wildman–Crippen LogP) is 2.52. The molecule has 2 saturated heterocycles. The second-order valence-electron chi connectivity index (χ2n) is 9.56. The van der Waals surface area contributed by atoms with E-state index in [1.54, 1.807) is 10.9 Å². The molecule has 1 amide bonds. The Balaban J connectivity index is 1.22. The summed E-state index contributed by atoms with van der Waals surface area (Å²) in [6, 6.07) is 4.57. The van der Waals surface area contributed by atoms with Crippen LogP contribution in [0.2, 0.25) is 0 Å². The van der Waals surface area contributed by atoms with Gasteiger partial charge in [-0.1, -0.05) is 12.8 Å². The number of nitrogens with one attached hydrogen (secondary N) is 1. The van der Waals surface area contributed by atoms with Crippen molar-refractivity contribution in [3.8, 4) is 11.3 Å². The van der Waals surface area contributed by atoms with Crippen molar-refractivity contribution in [2.45, 2.75) is 38.1 Å². The van der Waals surface area contributed by atoms with E-state index >= 15 is 0 Å². The summed E-state index contributed by atoms with van der Waals surface area (Å²) in [6.07, 6.45) is 11.3. The third-order valence-corrected chi connectivity index (χ3v) is 7.22. The molecule has 2 aromatic rings. The molecule has 8 heteroatoms. The summed E-state index contributed by atoms with van der Waals surface area (Å²) in [5, 5.41) is 3.00. The number of hydrogen-bond donors (Lipinski definition) is 1. The van der Waals surface area contributed by atoms with E-state index in [0.29, 0.717) is 6.04 Å². The number of nitrogens with zero attached hydrogens (tertiary/aromatic N) is 6. The van der Waals surface area contributed by atoms with Crippen molar-refractivity contribution >= 4 is 11.8 Å². The fourth-order valence-corrected chi connectivity index (χ4v) is 4.93. The first kappa shape index (κ1) is 21.4. The topological polar surface area (TPSA) is 69.5 Å². The van der Waals surface area contributed by atoms with Crippen molar-refractivity contribution in [2.75, 3.05) is 57.8 Å². The number of carbonyl (C=O) groups is 1. The summed E-state index contributed by atoms with van der Waals surface area (Å²) >= 11 is 0. The molecule has 172 valence electrons. The van der Waals surface area contributed by atoms with Gasteiger partial charge in [-0.15, -0.1) is 0 Å². The van der Waals surface area contributed by atoms with Crippen molar-refractivity contribution in [3.63, 3.8) is 0 Å². The van der Waals surface area contributed by atoms with Crippen LogP contribution in [0.1, 0.15) is 32.1 Å². The number of rotatable bonds is 6. The molecule has 1 aliphatic carbocycles. The fraction of sp³-hybridized carbons (Fsp3) is 0.625. The highest BCUT2D eigenvalue weighted by molar-refractivity contribution is 5.79. The van der Waals surface area contributed by atoms with Gasteiger partial charge in [0.25, 0.3) is 0 Å². The summed E-state index contributed by atoms with van der Waals surface area (Å²) in [5.41, 5.74) is 1.79. The number of carbonyl (C=O) groups excluding carboxylic acids is 1. The number of amides is 1. The van der Waals surface area contributed by atoms with Crippen LogP contribution in [0.3, 0.4) is 0 Å². The molecule has 32 heavy (non-hydrogen) atoms. The quantitative estimate of drug-likeness (QED) is 0.749. The zero-order chi connectivity index (χ0) is 21.9. The fourth-order valence-electron chi connectivity index (χ4n) is 4.93. The van der Waals surface area contributed by atoms with Gasteiger partial charge in [-0.25, -0.2) is 14.8 Å². The molecule has 0 radical (unpaired) electrons. The third kappa shape index (κ3) is 4.96. The monoisotopic (exact) mass is 437 g/mol.